The van der Waals surface area contributed by atoms with Gasteiger partial charge in [0.2, 0.25) is 5.91 Å². The van der Waals surface area contributed by atoms with Gasteiger partial charge in [-0.1, -0.05) is 13.8 Å². The fourth-order valence-corrected chi connectivity index (χ4v) is 2.17. The van der Waals surface area contributed by atoms with E-state index in [4.69, 9.17) is 11.6 Å². The Morgan fingerprint density at radius 3 is 2.60 bits per heavy atom. The summed E-state index contributed by atoms with van der Waals surface area (Å²) in [7, 11) is 0. The van der Waals surface area contributed by atoms with Crippen LogP contribution in [0.5, 0.6) is 0 Å². The van der Waals surface area contributed by atoms with Crippen LogP contribution in [0.1, 0.15) is 46.5 Å². The van der Waals surface area contributed by atoms with Crippen molar-refractivity contribution >= 4 is 17.5 Å². The summed E-state index contributed by atoms with van der Waals surface area (Å²) in [6.45, 7) is 6.20. The second-order valence-electron chi connectivity index (χ2n) is 4.97. The summed E-state index contributed by atoms with van der Waals surface area (Å²) in [5, 5.41) is 3.14. The number of alkyl halides is 1. The second kappa shape index (κ2) is 5.20. The molecule has 2 unspecified atom stereocenters. The standard InChI is InChI=1S/C12H22ClNO/c1-4-12(3,7-8-13)14-11(15)9(2)10-5-6-10/h9-10H,4-8H2,1-3H3,(H,14,15). The normalized spacial score (nSPS) is 21.9. The van der Waals surface area contributed by atoms with Crippen molar-refractivity contribution in [2.75, 3.05) is 5.88 Å². The molecule has 1 saturated carbocycles. The first-order valence-corrected chi connectivity index (χ1v) is 6.44. The van der Waals surface area contributed by atoms with Gasteiger partial charge in [0.1, 0.15) is 0 Å². The molecule has 0 saturated heterocycles. The molecule has 0 bridgehead atoms. The van der Waals surface area contributed by atoms with Gasteiger partial charge in [-0.05, 0) is 38.5 Å². The van der Waals surface area contributed by atoms with Crippen molar-refractivity contribution in [3.8, 4) is 0 Å². The van der Waals surface area contributed by atoms with E-state index in [-0.39, 0.29) is 17.4 Å². The van der Waals surface area contributed by atoms with Crippen molar-refractivity contribution in [2.24, 2.45) is 11.8 Å². The maximum atomic E-state index is 11.9. The van der Waals surface area contributed by atoms with E-state index >= 15 is 0 Å². The van der Waals surface area contributed by atoms with E-state index in [9.17, 15) is 4.79 Å². The molecule has 88 valence electrons. The molecule has 0 aliphatic heterocycles. The number of hydrogen-bond donors (Lipinski definition) is 1. The number of halogens is 1. The predicted molar refractivity (Wildman–Crippen MR) is 64.1 cm³/mol. The first kappa shape index (κ1) is 12.8. The number of nitrogens with one attached hydrogen (secondary N) is 1. The van der Waals surface area contributed by atoms with Crippen molar-refractivity contribution < 1.29 is 4.79 Å². The number of rotatable bonds is 6. The summed E-state index contributed by atoms with van der Waals surface area (Å²) in [5.41, 5.74) is -0.123. The molecular weight excluding hydrogens is 210 g/mol. The van der Waals surface area contributed by atoms with Crippen molar-refractivity contribution in [3.05, 3.63) is 0 Å². The Morgan fingerprint density at radius 1 is 1.60 bits per heavy atom. The maximum absolute atomic E-state index is 11.9. The van der Waals surface area contributed by atoms with Gasteiger partial charge in [-0.25, -0.2) is 0 Å². The zero-order chi connectivity index (χ0) is 11.5. The van der Waals surface area contributed by atoms with Gasteiger partial charge in [-0.3, -0.25) is 4.79 Å². The van der Waals surface area contributed by atoms with E-state index < -0.39 is 0 Å². The second-order valence-corrected chi connectivity index (χ2v) is 5.35. The zero-order valence-electron chi connectivity index (χ0n) is 9.98. The van der Waals surface area contributed by atoms with Crippen LogP contribution in [0.25, 0.3) is 0 Å². The Labute approximate surface area is 97.8 Å². The number of carbonyl (C=O) groups excluding carboxylic acids is 1. The fraction of sp³-hybridized carbons (Fsp3) is 0.917. The molecule has 0 heterocycles. The largest absolute Gasteiger partial charge is 0.351 e. The topological polar surface area (TPSA) is 29.1 Å². The lowest BCUT2D eigenvalue weighted by molar-refractivity contribution is -0.127. The minimum absolute atomic E-state index is 0.123. The van der Waals surface area contributed by atoms with E-state index in [2.05, 4.69) is 19.2 Å². The van der Waals surface area contributed by atoms with Crippen LogP contribution in [-0.2, 0) is 4.79 Å². The molecule has 0 aromatic carbocycles. The van der Waals surface area contributed by atoms with Crippen LogP contribution >= 0.6 is 11.6 Å². The molecule has 2 nitrogen and oxygen atoms in total. The van der Waals surface area contributed by atoms with Gasteiger partial charge in [-0.2, -0.15) is 0 Å². The van der Waals surface area contributed by atoms with Crippen molar-refractivity contribution in [2.45, 2.75) is 52.0 Å². The van der Waals surface area contributed by atoms with E-state index in [0.29, 0.717) is 11.8 Å². The van der Waals surface area contributed by atoms with Crippen LogP contribution in [0.15, 0.2) is 0 Å². The van der Waals surface area contributed by atoms with Gasteiger partial charge in [0, 0.05) is 17.3 Å². The maximum Gasteiger partial charge on any atom is 0.223 e. The summed E-state index contributed by atoms with van der Waals surface area (Å²) >= 11 is 5.75. The van der Waals surface area contributed by atoms with Crippen molar-refractivity contribution in [1.82, 2.24) is 5.32 Å². The fourth-order valence-electron chi connectivity index (χ4n) is 1.76. The highest BCUT2D eigenvalue weighted by Crippen LogP contribution is 2.37. The molecule has 1 aliphatic carbocycles. The van der Waals surface area contributed by atoms with Gasteiger partial charge in [0.25, 0.3) is 0 Å². The molecule has 0 spiro atoms. The summed E-state index contributed by atoms with van der Waals surface area (Å²) < 4.78 is 0. The monoisotopic (exact) mass is 231 g/mol. The molecule has 1 rings (SSSR count). The average Bonchev–Trinajstić information content (AvgIpc) is 3.00. The minimum atomic E-state index is -0.123. The van der Waals surface area contributed by atoms with Gasteiger partial charge in [0.05, 0.1) is 0 Å². The van der Waals surface area contributed by atoms with Gasteiger partial charge >= 0.3 is 0 Å². The van der Waals surface area contributed by atoms with Gasteiger partial charge in [0.15, 0.2) is 0 Å². The van der Waals surface area contributed by atoms with Crippen LogP contribution in [0.3, 0.4) is 0 Å². The molecule has 0 radical (unpaired) electrons. The molecule has 1 aliphatic rings. The number of amides is 1. The first-order valence-electron chi connectivity index (χ1n) is 5.90. The third-order valence-electron chi connectivity index (χ3n) is 3.59. The molecule has 0 aromatic heterocycles. The molecule has 3 heteroatoms. The third kappa shape index (κ3) is 3.67. The molecule has 1 N–H and O–H groups in total. The summed E-state index contributed by atoms with van der Waals surface area (Å²) in [6, 6.07) is 0. The lowest BCUT2D eigenvalue weighted by Crippen LogP contribution is -2.48. The average molecular weight is 232 g/mol. The molecular formula is C12H22ClNO. The Balaban J connectivity index is 2.46. The van der Waals surface area contributed by atoms with Crippen LogP contribution in [0, 0.1) is 11.8 Å². The SMILES string of the molecule is CCC(C)(CCCl)NC(=O)C(C)C1CC1. The highest BCUT2D eigenvalue weighted by molar-refractivity contribution is 6.17. The lowest BCUT2D eigenvalue weighted by atomic mass is 9.93. The van der Waals surface area contributed by atoms with Crippen LogP contribution in [-0.4, -0.2) is 17.3 Å². The van der Waals surface area contributed by atoms with Gasteiger partial charge in [-0.15, -0.1) is 11.6 Å². The molecule has 1 fully saturated rings. The Hall–Kier alpha value is -0.240. The van der Waals surface area contributed by atoms with E-state index in [0.717, 1.165) is 12.8 Å². The van der Waals surface area contributed by atoms with E-state index in [1.165, 1.54) is 12.8 Å². The Morgan fingerprint density at radius 2 is 2.20 bits per heavy atom. The number of hydrogen-bond acceptors (Lipinski definition) is 1. The van der Waals surface area contributed by atoms with E-state index in [1.54, 1.807) is 0 Å². The molecule has 0 aromatic rings. The molecule has 15 heavy (non-hydrogen) atoms. The van der Waals surface area contributed by atoms with Crippen LogP contribution in [0.2, 0.25) is 0 Å². The van der Waals surface area contributed by atoms with Crippen molar-refractivity contribution in [3.63, 3.8) is 0 Å². The highest BCUT2D eigenvalue weighted by Gasteiger charge is 2.35. The summed E-state index contributed by atoms with van der Waals surface area (Å²) in [4.78, 5) is 11.9. The first-order chi connectivity index (χ1) is 7.02. The quantitative estimate of drug-likeness (QED) is 0.700. The van der Waals surface area contributed by atoms with Crippen LogP contribution < -0.4 is 5.32 Å². The minimum Gasteiger partial charge on any atom is -0.351 e. The number of carbonyl (C=O) groups is 1. The third-order valence-corrected chi connectivity index (χ3v) is 3.78. The molecule has 1 amide bonds. The van der Waals surface area contributed by atoms with Crippen molar-refractivity contribution in [1.29, 1.82) is 0 Å². The summed E-state index contributed by atoms with van der Waals surface area (Å²) in [6.07, 6.45) is 4.21. The highest BCUT2D eigenvalue weighted by atomic mass is 35.5. The lowest BCUT2D eigenvalue weighted by Gasteiger charge is -2.30. The molecule has 2 atom stereocenters. The van der Waals surface area contributed by atoms with Crippen LogP contribution in [0.4, 0.5) is 0 Å². The Kier molecular flexibility index (Phi) is 4.45. The smallest absolute Gasteiger partial charge is 0.223 e. The van der Waals surface area contributed by atoms with E-state index in [1.807, 2.05) is 6.92 Å². The van der Waals surface area contributed by atoms with Gasteiger partial charge < -0.3 is 5.32 Å². The predicted octanol–water partition coefficient (Wildman–Crippen LogP) is 2.95. The Bertz CT molecular complexity index is 228. The zero-order valence-corrected chi connectivity index (χ0v) is 10.7. The summed E-state index contributed by atoms with van der Waals surface area (Å²) in [5.74, 6) is 1.60.